The van der Waals surface area contributed by atoms with Crippen LogP contribution in [0.25, 0.3) is 0 Å². The van der Waals surface area contributed by atoms with E-state index in [1.54, 1.807) is 18.2 Å². The van der Waals surface area contributed by atoms with Crippen molar-refractivity contribution in [3.05, 3.63) is 33.8 Å². The molecule has 1 heterocycles. The first-order chi connectivity index (χ1) is 7.03. The van der Waals surface area contributed by atoms with Crippen molar-refractivity contribution in [3.8, 4) is 0 Å². The minimum absolute atomic E-state index is 0.0637. The van der Waals surface area contributed by atoms with Crippen LogP contribution >= 0.6 is 23.2 Å². The van der Waals surface area contributed by atoms with Crippen LogP contribution in [0.4, 0.5) is 0 Å². The van der Waals surface area contributed by atoms with Gasteiger partial charge in [-0.15, -0.1) is 0 Å². The Labute approximate surface area is 98.6 Å². The molecule has 0 aliphatic carbocycles. The monoisotopic (exact) mass is 243 g/mol. The van der Waals surface area contributed by atoms with Gasteiger partial charge in [0.05, 0.1) is 10.4 Å². The fourth-order valence-electron chi connectivity index (χ4n) is 1.66. The average Bonchev–Trinajstić information content (AvgIpc) is 2.17. The molecule has 80 valence electrons. The number of nitrogens with one attached hydrogen (secondary N) is 1. The lowest BCUT2D eigenvalue weighted by atomic mass is 9.77. The molecule has 15 heavy (non-hydrogen) atoms. The van der Waals surface area contributed by atoms with Crippen molar-refractivity contribution in [1.29, 1.82) is 0 Å². The highest BCUT2D eigenvalue weighted by molar-refractivity contribution is 6.36. The molecule has 1 aliphatic rings. The van der Waals surface area contributed by atoms with Crippen molar-refractivity contribution in [2.24, 2.45) is 5.41 Å². The van der Waals surface area contributed by atoms with Crippen LogP contribution in [0.3, 0.4) is 0 Å². The van der Waals surface area contributed by atoms with Gasteiger partial charge >= 0.3 is 0 Å². The minimum Gasteiger partial charge on any atom is -0.315 e. The molecule has 1 fully saturated rings. The minimum atomic E-state index is -0.325. The van der Waals surface area contributed by atoms with E-state index >= 15 is 0 Å². The molecule has 0 aromatic heterocycles. The van der Waals surface area contributed by atoms with Crippen LogP contribution in [0.5, 0.6) is 0 Å². The van der Waals surface area contributed by atoms with E-state index < -0.39 is 0 Å². The molecule has 0 amide bonds. The molecule has 0 unspecified atom stereocenters. The first-order valence-corrected chi connectivity index (χ1v) is 5.49. The van der Waals surface area contributed by atoms with Crippen molar-refractivity contribution in [3.63, 3.8) is 0 Å². The zero-order valence-corrected chi connectivity index (χ0v) is 9.82. The van der Waals surface area contributed by atoms with Gasteiger partial charge in [-0.1, -0.05) is 23.2 Å². The van der Waals surface area contributed by atoms with Gasteiger partial charge < -0.3 is 5.32 Å². The maximum absolute atomic E-state index is 12.1. The molecule has 2 nitrogen and oxygen atoms in total. The highest BCUT2D eigenvalue weighted by atomic mass is 35.5. The van der Waals surface area contributed by atoms with Crippen molar-refractivity contribution < 1.29 is 4.79 Å². The summed E-state index contributed by atoms with van der Waals surface area (Å²) in [5.41, 5.74) is 0.196. The van der Waals surface area contributed by atoms with E-state index in [2.05, 4.69) is 5.32 Å². The van der Waals surface area contributed by atoms with Crippen LogP contribution in [-0.4, -0.2) is 18.9 Å². The molecular formula is C11H11Cl2NO. The van der Waals surface area contributed by atoms with Crippen molar-refractivity contribution in [1.82, 2.24) is 5.32 Å². The second-order valence-electron chi connectivity index (χ2n) is 4.12. The van der Waals surface area contributed by atoms with Gasteiger partial charge in [0.1, 0.15) is 0 Å². The Balaban J connectivity index is 2.36. The van der Waals surface area contributed by atoms with E-state index in [0.29, 0.717) is 28.7 Å². The van der Waals surface area contributed by atoms with Crippen LogP contribution < -0.4 is 5.32 Å². The smallest absolute Gasteiger partial charge is 0.172 e. The van der Waals surface area contributed by atoms with Crippen LogP contribution in [0, 0.1) is 5.41 Å². The van der Waals surface area contributed by atoms with Gasteiger partial charge in [0, 0.05) is 23.7 Å². The summed E-state index contributed by atoms with van der Waals surface area (Å²) in [4.78, 5) is 12.1. The third kappa shape index (κ3) is 1.89. The van der Waals surface area contributed by atoms with Gasteiger partial charge in [-0.2, -0.15) is 0 Å². The number of carbonyl (C=O) groups excluding carboxylic acids is 1. The average molecular weight is 244 g/mol. The first kappa shape index (κ1) is 10.9. The summed E-state index contributed by atoms with van der Waals surface area (Å²) >= 11 is 11.8. The predicted molar refractivity (Wildman–Crippen MR) is 61.8 cm³/mol. The van der Waals surface area contributed by atoms with Gasteiger partial charge in [-0.25, -0.2) is 0 Å². The number of Topliss-reactive ketones (excluding diaryl/α,β-unsaturated/α-hetero) is 1. The van der Waals surface area contributed by atoms with Crippen LogP contribution in [0.15, 0.2) is 18.2 Å². The number of halogens is 2. The summed E-state index contributed by atoms with van der Waals surface area (Å²) in [7, 11) is 0. The molecule has 0 saturated carbocycles. The Hall–Kier alpha value is -0.570. The molecular weight excluding hydrogens is 233 g/mol. The van der Waals surface area contributed by atoms with Crippen molar-refractivity contribution in [2.75, 3.05) is 13.1 Å². The summed E-state index contributed by atoms with van der Waals surface area (Å²) in [5, 5.41) is 4.10. The summed E-state index contributed by atoms with van der Waals surface area (Å²) in [6, 6.07) is 4.98. The quantitative estimate of drug-likeness (QED) is 0.810. The molecule has 0 spiro atoms. The third-order valence-electron chi connectivity index (χ3n) is 2.75. The second-order valence-corrected chi connectivity index (χ2v) is 4.96. The summed E-state index contributed by atoms with van der Waals surface area (Å²) in [6.45, 7) is 3.34. The molecule has 1 aromatic carbocycles. The molecule has 4 heteroatoms. The Kier molecular flexibility index (Phi) is 2.75. The molecule has 0 bridgehead atoms. The number of hydrogen-bond donors (Lipinski definition) is 1. The van der Waals surface area contributed by atoms with E-state index in [1.807, 2.05) is 6.92 Å². The van der Waals surface area contributed by atoms with Gasteiger partial charge in [-0.3, -0.25) is 4.79 Å². The molecule has 1 saturated heterocycles. The largest absolute Gasteiger partial charge is 0.315 e. The number of benzene rings is 1. The van der Waals surface area contributed by atoms with Gasteiger partial charge in [0.25, 0.3) is 0 Å². The topological polar surface area (TPSA) is 29.1 Å². The van der Waals surface area contributed by atoms with E-state index in [9.17, 15) is 4.79 Å². The van der Waals surface area contributed by atoms with Gasteiger partial charge in [0.2, 0.25) is 0 Å². The van der Waals surface area contributed by atoms with Crippen molar-refractivity contribution in [2.45, 2.75) is 6.92 Å². The maximum atomic E-state index is 12.1. The fourth-order valence-corrected chi connectivity index (χ4v) is 2.03. The normalized spacial score (nSPS) is 18.3. The van der Waals surface area contributed by atoms with Crippen molar-refractivity contribution >= 4 is 29.0 Å². The molecule has 2 rings (SSSR count). The lowest BCUT2D eigenvalue weighted by Crippen LogP contribution is -2.56. The number of carbonyl (C=O) groups is 1. The number of ketones is 1. The van der Waals surface area contributed by atoms with Crippen LogP contribution in [0.1, 0.15) is 17.3 Å². The Morgan fingerprint density at radius 2 is 2.07 bits per heavy atom. The van der Waals surface area contributed by atoms with E-state index in [1.165, 1.54) is 0 Å². The van der Waals surface area contributed by atoms with Gasteiger partial charge in [-0.05, 0) is 25.1 Å². The predicted octanol–water partition coefficient (Wildman–Crippen LogP) is 2.79. The standard InChI is InChI=1S/C11H11Cl2NO/c1-11(5-14-6-11)10(15)8-4-7(12)2-3-9(8)13/h2-4,14H,5-6H2,1H3. The highest BCUT2D eigenvalue weighted by Gasteiger charge is 2.40. The highest BCUT2D eigenvalue weighted by Crippen LogP contribution is 2.31. The summed E-state index contributed by atoms with van der Waals surface area (Å²) in [5.74, 6) is 0.0637. The number of hydrogen-bond acceptors (Lipinski definition) is 2. The third-order valence-corrected chi connectivity index (χ3v) is 3.32. The van der Waals surface area contributed by atoms with Gasteiger partial charge in [0.15, 0.2) is 5.78 Å². The summed E-state index contributed by atoms with van der Waals surface area (Å²) in [6.07, 6.45) is 0. The van der Waals surface area contributed by atoms with Crippen LogP contribution in [-0.2, 0) is 0 Å². The second kappa shape index (κ2) is 3.78. The molecule has 0 atom stereocenters. The van der Waals surface area contributed by atoms with Crippen LogP contribution in [0.2, 0.25) is 10.0 Å². The molecule has 0 radical (unpaired) electrons. The maximum Gasteiger partial charge on any atom is 0.172 e. The van der Waals surface area contributed by atoms with E-state index in [4.69, 9.17) is 23.2 Å². The molecule has 1 aliphatic heterocycles. The Morgan fingerprint density at radius 3 is 2.60 bits per heavy atom. The lowest BCUT2D eigenvalue weighted by Gasteiger charge is -2.37. The Bertz CT molecular complexity index is 413. The zero-order chi connectivity index (χ0) is 11.1. The first-order valence-electron chi connectivity index (χ1n) is 4.73. The fraction of sp³-hybridized carbons (Fsp3) is 0.364. The zero-order valence-electron chi connectivity index (χ0n) is 8.31. The van der Waals surface area contributed by atoms with E-state index in [-0.39, 0.29) is 11.2 Å². The molecule has 1 aromatic rings. The molecule has 1 N–H and O–H groups in total. The SMILES string of the molecule is CC1(C(=O)c2cc(Cl)ccc2Cl)CNC1. The lowest BCUT2D eigenvalue weighted by molar-refractivity contribution is 0.0722. The van der Waals surface area contributed by atoms with E-state index in [0.717, 1.165) is 0 Å². The Morgan fingerprint density at radius 1 is 1.40 bits per heavy atom. The summed E-state index contributed by atoms with van der Waals surface area (Å²) < 4.78 is 0. The number of rotatable bonds is 2.